The van der Waals surface area contributed by atoms with Gasteiger partial charge in [-0.25, -0.2) is 0 Å². The summed E-state index contributed by atoms with van der Waals surface area (Å²) in [6.45, 7) is 1.88. The van der Waals surface area contributed by atoms with Crippen LogP contribution in [0.4, 0.5) is 0 Å². The van der Waals surface area contributed by atoms with Crippen molar-refractivity contribution in [1.82, 2.24) is 4.90 Å². The fraction of sp³-hybridized carbons (Fsp3) is 0.533. The molecule has 19 heavy (non-hydrogen) atoms. The Labute approximate surface area is 112 Å². The van der Waals surface area contributed by atoms with E-state index in [-0.39, 0.29) is 24.1 Å². The monoisotopic (exact) mass is 261 g/mol. The number of aliphatic hydroxyl groups excluding tert-OH is 1. The van der Waals surface area contributed by atoms with Crippen LogP contribution in [0.25, 0.3) is 6.08 Å². The van der Waals surface area contributed by atoms with Crippen molar-refractivity contribution in [2.24, 2.45) is 0 Å². The first kappa shape index (κ1) is 12.5. The fourth-order valence-corrected chi connectivity index (χ4v) is 3.29. The van der Waals surface area contributed by atoms with Crippen LogP contribution in [-0.2, 0) is 4.79 Å². The molecular formula is C15H19NO3. The lowest BCUT2D eigenvalue weighted by Crippen LogP contribution is -2.47. The molecule has 102 valence electrons. The van der Waals surface area contributed by atoms with Crippen LogP contribution in [0, 0.1) is 6.92 Å². The van der Waals surface area contributed by atoms with E-state index in [1.807, 2.05) is 24.0 Å². The number of carbonyl (C=O) groups excluding carboxylic acids is 1. The molecule has 1 N–H and O–H groups in total. The summed E-state index contributed by atoms with van der Waals surface area (Å²) in [5, 5.41) is 9.73. The van der Waals surface area contributed by atoms with Gasteiger partial charge in [-0.2, -0.15) is 0 Å². The number of furan rings is 1. The average molecular weight is 261 g/mol. The molecule has 2 atom stereocenters. The number of carbonyl (C=O) groups is 1. The summed E-state index contributed by atoms with van der Waals surface area (Å²) in [6.07, 6.45) is 6.54. The molecule has 2 fully saturated rings. The molecule has 2 unspecified atom stereocenters. The molecule has 2 aliphatic heterocycles. The Morgan fingerprint density at radius 1 is 1.37 bits per heavy atom. The number of amides is 1. The van der Waals surface area contributed by atoms with Crippen LogP contribution in [0.5, 0.6) is 0 Å². The number of piperidine rings is 1. The molecule has 1 aromatic heterocycles. The van der Waals surface area contributed by atoms with Gasteiger partial charge >= 0.3 is 0 Å². The molecular weight excluding hydrogens is 242 g/mol. The van der Waals surface area contributed by atoms with Gasteiger partial charge in [0.15, 0.2) is 0 Å². The molecule has 0 aliphatic carbocycles. The SMILES string of the molecule is Cc1ccc(C=CC(=O)N2C3CCC2CC(O)C3)o1. The van der Waals surface area contributed by atoms with Gasteiger partial charge in [0.2, 0.25) is 5.91 Å². The number of fused-ring (bicyclic) bond motifs is 2. The molecule has 2 saturated heterocycles. The molecule has 4 heteroatoms. The van der Waals surface area contributed by atoms with Crippen molar-refractivity contribution < 1.29 is 14.3 Å². The molecule has 0 aromatic carbocycles. The number of aliphatic hydroxyl groups is 1. The van der Waals surface area contributed by atoms with Crippen LogP contribution in [-0.4, -0.2) is 34.1 Å². The van der Waals surface area contributed by atoms with Crippen molar-refractivity contribution >= 4 is 12.0 Å². The van der Waals surface area contributed by atoms with Crippen molar-refractivity contribution in [1.29, 1.82) is 0 Å². The maximum absolute atomic E-state index is 12.3. The second kappa shape index (κ2) is 4.85. The molecule has 1 amide bonds. The third-order valence-electron chi connectivity index (χ3n) is 4.11. The number of hydrogen-bond acceptors (Lipinski definition) is 3. The predicted molar refractivity (Wildman–Crippen MR) is 71.4 cm³/mol. The Hall–Kier alpha value is -1.55. The quantitative estimate of drug-likeness (QED) is 0.830. The zero-order chi connectivity index (χ0) is 13.4. The van der Waals surface area contributed by atoms with Crippen molar-refractivity contribution in [3.8, 4) is 0 Å². The maximum Gasteiger partial charge on any atom is 0.247 e. The highest BCUT2D eigenvalue weighted by Gasteiger charge is 2.41. The summed E-state index contributed by atoms with van der Waals surface area (Å²) >= 11 is 0. The maximum atomic E-state index is 12.3. The van der Waals surface area contributed by atoms with Crippen molar-refractivity contribution in [2.45, 2.75) is 50.8 Å². The normalized spacial score (nSPS) is 30.2. The molecule has 0 spiro atoms. The summed E-state index contributed by atoms with van der Waals surface area (Å²) in [4.78, 5) is 14.2. The zero-order valence-corrected chi connectivity index (χ0v) is 11.1. The molecule has 0 saturated carbocycles. The zero-order valence-electron chi connectivity index (χ0n) is 11.1. The lowest BCUT2D eigenvalue weighted by atomic mass is 10.00. The van der Waals surface area contributed by atoms with Crippen LogP contribution in [0.2, 0.25) is 0 Å². The highest BCUT2D eigenvalue weighted by atomic mass is 16.3. The summed E-state index contributed by atoms with van der Waals surface area (Å²) in [5.41, 5.74) is 0. The van der Waals surface area contributed by atoms with E-state index in [0.717, 1.165) is 31.4 Å². The first-order valence-corrected chi connectivity index (χ1v) is 6.88. The summed E-state index contributed by atoms with van der Waals surface area (Å²) in [6, 6.07) is 4.16. The molecule has 3 heterocycles. The Kier molecular flexibility index (Phi) is 3.19. The van der Waals surface area contributed by atoms with Gasteiger partial charge in [0, 0.05) is 18.2 Å². The van der Waals surface area contributed by atoms with E-state index >= 15 is 0 Å². The van der Waals surface area contributed by atoms with Gasteiger partial charge in [-0.15, -0.1) is 0 Å². The molecule has 2 bridgehead atoms. The number of aryl methyl sites for hydroxylation is 1. The van der Waals surface area contributed by atoms with Crippen LogP contribution < -0.4 is 0 Å². The topological polar surface area (TPSA) is 53.7 Å². The summed E-state index contributed by atoms with van der Waals surface area (Å²) < 4.78 is 5.41. The van der Waals surface area contributed by atoms with Gasteiger partial charge in [-0.05, 0) is 50.8 Å². The summed E-state index contributed by atoms with van der Waals surface area (Å²) in [5.74, 6) is 1.58. The third kappa shape index (κ3) is 2.45. The third-order valence-corrected chi connectivity index (χ3v) is 4.11. The van der Waals surface area contributed by atoms with Gasteiger partial charge in [0.1, 0.15) is 11.5 Å². The smallest absolute Gasteiger partial charge is 0.247 e. The van der Waals surface area contributed by atoms with Gasteiger partial charge in [0.05, 0.1) is 6.10 Å². The Balaban J connectivity index is 1.69. The van der Waals surface area contributed by atoms with Gasteiger partial charge in [-0.3, -0.25) is 4.79 Å². The van der Waals surface area contributed by atoms with Crippen molar-refractivity contribution in [3.63, 3.8) is 0 Å². The van der Waals surface area contributed by atoms with Crippen molar-refractivity contribution in [2.75, 3.05) is 0 Å². The van der Waals surface area contributed by atoms with Crippen LogP contribution >= 0.6 is 0 Å². The second-order valence-corrected chi connectivity index (χ2v) is 5.54. The first-order valence-electron chi connectivity index (χ1n) is 6.88. The predicted octanol–water partition coefficient (Wildman–Crippen LogP) is 2.12. The molecule has 2 aliphatic rings. The largest absolute Gasteiger partial charge is 0.462 e. The standard InChI is InChI=1S/C15H19NO3/c1-10-2-5-14(19-10)6-7-15(18)16-11-3-4-12(16)9-13(17)8-11/h2,5-7,11-13,17H,3-4,8-9H2,1H3. The van der Waals surface area contributed by atoms with E-state index in [0.29, 0.717) is 5.76 Å². The van der Waals surface area contributed by atoms with Crippen LogP contribution in [0.1, 0.15) is 37.2 Å². The lowest BCUT2D eigenvalue weighted by molar-refractivity contribution is -0.131. The summed E-state index contributed by atoms with van der Waals surface area (Å²) in [7, 11) is 0. The minimum atomic E-state index is -0.238. The minimum absolute atomic E-state index is 0.0356. The van der Waals surface area contributed by atoms with Gasteiger partial charge in [0.25, 0.3) is 0 Å². The van der Waals surface area contributed by atoms with E-state index in [1.165, 1.54) is 0 Å². The van der Waals surface area contributed by atoms with Gasteiger partial charge in [-0.1, -0.05) is 0 Å². The molecule has 4 nitrogen and oxygen atoms in total. The van der Waals surface area contributed by atoms with Crippen LogP contribution in [0.15, 0.2) is 22.6 Å². The fourth-order valence-electron chi connectivity index (χ4n) is 3.29. The van der Waals surface area contributed by atoms with E-state index in [2.05, 4.69) is 0 Å². The highest BCUT2D eigenvalue weighted by Crippen LogP contribution is 2.35. The average Bonchev–Trinajstić information content (AvgIpc) is 2.89. The number of hydrogen-bond donors (Lipinski definition) is 1. The lowest BCUT2D eigenvalue weighted by Gasteiger charge is -2.36. The number of nitrogens with zero attached hydrogens (tertiary/aromatic N) is 1. The minimum Gasteiger partial charge on any atom is -0.462 e. The second-order valence-electron chi connectivity index (χ2n) is 5.54. The van der Waals surface area contributed by atoms with Gasteiger partial charge < -0.3 is 14.4 Å². The Morgan fingerprint density at radius 3 is 2.63 bits per heavy atom. The van der Waals surface area contributed by atoms with E-state index in [9.17, 15) is 9.90 Å². The molecule has 0 radical (unpaired) electrons. The number of rotatable bonds is 2. The molecule has 3 rings (SSSR count). The van der Waals surface area contributed by atoms with E-state index < -0.39 is 0 Å². The molecule has 1 aromatic rings. The highest BCUT2D eigenvalue weighted by molar-refractivity contribution is 5.92. The van der Waals surface area contributed by atoms with E-state index in [4.69, 9.17) is 4.42 Å². The Bertz CT molecular complexity index is 491. The van der Waals surface area contributed by atoms with E-state index in [1.54, 1.807) is 12.2 Å². The van der Waals surface area contributed by atoms with Crippen molar-refractivity contribution in [3.05, 3.63) is 29.7 Å². The Morgan fingerprint density at radius 2 is 2.05 bits per heavy atom. The first-order chi connectivity index (χ1) is 9.13. The van der Waals surface area contributed by atoms with Crippen LogP contribution in [0.3, 0.4) is 0 Å².